The molecule has 0 aliphatic rings. The quantitative estimate of drug-likeness (QED) is 0.735. The van der Waals surface area contributed by atoms with Gasteiger partial charge >= 0.3 is 5.97 Å². The molecule has 5 heteroatoms. The van der Waals surface area contributed by atoms with Crippen molar-refractivity contribution in [2.45, 2.75) is 33.1 Å². The fraction of sp³-hybridized carbons (Fsp3) is 0.412. The zero-order chi connectivity index (χ0) is 16.1. The largest absolute Gasteiger partial charge is 0.481 e. The monoisotopic (exact) mass is 302 g/mol. The Hall–Kier alpha value is -2.30. The SMILES string of the molecule is CCCC(CNC(=O)Cc1c[nH]c2cccc(C)c12)C(=O)O. The fourth-order valence-electron chi connectivity index (χ4n) is 2.72. The van der Waals surface area contributed by atoms with Crippen LogP contribution in [0.1, 0.15) is 30.9 Å². The summed E-state index contributed by atoms with van der Waals surface area (Å²) in [6.45, 7) is 4.13. The maximum absolute atomic E-state index is 12.1. The number of carboxylic acid groups (broad SMARTS) is 1. The third-order valence-corrected chi connectivity index (χ3v) is 3.88. The lowest BCUT2D eigenvalue weighted by Gasteiger charge is -2.12. The molecule has 118 valence electrons. The van der Waals surface area contributed by atoms with E-state index in [1.165, 1.54) is 0 Å². The lowest BCUT2D eigenvalue weighted by Crippen LogP contribution is -2.33. The Morgan fingerprint density at radius 1 is 1.36 bits per heavy atom. The summed E-state index contributed by atoms with van der Waals surface area (Å²) in [6.07, 6.45) is 3.46. The van der Waals surface area contributed by atoms with Crippen LogP contribution in [0, 0.1) is 12.8 Å². The Morgan fingerprint density at radius 2 is 2.14 bits per heavy atom. The van der Waals surface area contributed by atoms with E-state index in [1.54, 1.807) is 0 Å². The number of carbonyl (C=O) groups is 2. The van der Waals surface area contributed by atoms with E-state index in [2.05, 4.69) is 10.3 Å². The standard InChI is InChI=1S/C17H22N2O3/c1-3-5-12(17(21)22)9-19-15(20)8-13-10-18-14-7-4-6-11(2)16(13)14/h4,6-7,10,12,18H,3,5,8-9H2,1-2H3,(H,19,20)(H,21,22). The highest BCUT2D eigenvalue weighted by atomic mass is 16.4. The Balaban J connectivity index is 2.01. The minimum Gasteiger partial charge on any atom is -0.481 e. The van der Waals surface area contributed by atoms with Gasteiger partial charge in [-0.05, 0) is 30.5 Å². The van der Waals surface area contributed by atoms with Gasteiger partial charge in [0.2, 0.25) is 5.91 Å². The van der Waals surface area contributed by atoms with E-state index in [9.17, 15) is 9.59 Å². The van der Waals surface area contributed by atoms with Crippen LogP contribution in [-0.4, -0.2) is 28.5 Å². The van der Waals surface area contributed by atoms with Gasteiger partial charge in [-0.15, -0.1) is 0 Å². The first kappa shape index (κ1) is 16.1. The fourth-order valence-corrected chi connectivity index (χ4v) is 2.72. The molecule has 0 bridgehead atoms. The minimum absolute atomic E-state index is 0.147. The predicted octanol–water partition coefficient (Wildman–Crippen LogP) is 2.64. The second-order valence-corrected chi connectivity index (χ2v) is 5.62. The number of aliphatic carboxylic acids is 1. The van der Waals surface area contributed by atoms with E-state index in [-0.39, 0.29) is 18.9 Å². The van der Waals surface area contributed by atoms with Crippen LogP contribution in [0.2, 0.25) is 0 Å². The number of aromatic nitrogens is 1. The van der Waals surface area contributed by atoms with E-state index >= 15 is 0 Å². The van der Waals surface area contributed by atoms with Gasteiger partial charge in [-0.2, -0.15) is 0 Å². The van der Waals surface area contributed by atoms with Gasteiger partial charge in [0, 0.05) is 23.6 Å². The molecule has 1 amide bonds. The molecule has 0 radical (unpaired) electrons. The van der Waals surface area contributed by atoms with Gasteiger partial charge in [0.15, 0.2) is 0 Å². The first-order chi connectivity index (χ1) is 10.5. The number of hydrogen-bond acceptors (Lipinski definition) is 2. The molecule has 2 rings (SSSR count). The third-order valence-electron chi connectivity index (χ3n) is 3.88. The predicted molar refractivity (Wildman–Crippen MR) is 85.8 cm³/mol. The molecule has 1 atom stereocenters. The molecular weight excluding hydrogens is 280 g/mol. The molecule has 22 heavy (non-hydrogen) atoms. The minimum atomic E-state index is -0.856. The summed E-state index contributed by atoms with van der Waals surface area (Å²) in [7, 11) is 0. The van der Waals surface area contributed by atoms with Crippen LogP contribution in [0.3, 0.4) is 0 Å². The van der Waals surface area contributed by atoms with Crippen LogP contribution < -0.4 is 5.32 Å². The van der Waals surface area contributed by atoms with E-state index < -0.39 is 11.9 Å². The van der Waals surface area contributed by atoms with Crippen molar-refractivity contribution in [2.75, 3.05) is 6.54 Å². The maximum atomic E-state index is 12.1. The maximum Gasteiger partial charge on any atom is 0.308 e. The molecule has 0 saturated carbocycles. The smallest absolute Gasteiger partial charge is 0.308 e. The van der Waals surface area contributed by atoms with Crippen LogP contribution in [0.5, 0.6) is 0 Å². The summed E-state index contributed by atoms with van der Waals surface area (Å²) >= 11 is 0. The second-order valence-electron chi connectivity index (χ2n) is 5.62. The number of aromatic amines is 1. The molecule has 0 aliphatic carbocycles. The lowest BCUT2D eigenvalue weighted by atomic mass is 10.0. The van der Waals surface area contributed by atoms with Crippen molar-refractivity contribution >= 4 is 22.8 Å². The average Bonchev–Trinajstić information content (AvgIpc) is 2.87. The van der Waals surface area contributed by atoms with Crippen molar-refractivity contribution in [1.82, 2.24) is 10.3 Å². The van der Waals surface area contributed by atoms with Crippen molar-refractivity contribution in [3.63, 3.8) is 0 Å². The molecule has 3 N–H and O–H groups in total. The van der Waals surface area contributed by atoms with Gasteiger partial charge in [-0.1, -0.05) is 25.5 Å². The van der Waals surface area contributed by atoms with Gasteiger partial charge in [0.25, 0.3) is 0 Å². The molecule has 2 aromatic rings. The van der Waals surface area contributed by atoms with Gasteiger partial charge in [-0.25, -0.2) is 0 Å². The Labute approximate surface area is 129 Å². The number of H-pyrrole nitrogens is 1. The normalized spacial score (nSPS) is 12.3. The van der Waals surface area contributed by atoms with Gasteiger partial charge in [-0.3, -0.25) is 9.59 Å². The second kappa shape index (κ2) is 7.11. The van der Waals surface area contributed by atoms with E-state index in [4.69, 9.17) is 5.11 Å². The summed E-state index contributed by atoms with van der Waals surface area (Å²) in [6, 6.07) is 5.96. The van der Waals surface area contributed by atoms with Crippen LogP contribution in [-0.2, 0) is 16.0 Å². The number of rotatable bonds is 7. The number of amides is 1. The Bertz CT molecular complexity index is 676. The Kier molecular flexibility index (Phi) is 5.20. The molecule has 1 aromatic carbocycles. The van der Waals surface area contributed by atoms with Gasteiger partial charge in [0.1, 0.15) is 0 Å². The number of carboxylic acids is 1. The van der Waals surface area contributed by atoms with Crippen molar-refractivity contribution in [2.24, 2.45) is 5.92 Å². The highest BCUT2D eigenvalue weighted by molar-refractivity contribution is 5.91. The highest BCUT2D eigenvalue weighted by Crippen LogP contribution is 2.22. The first-order valence-electron chi connectivity index (χ1n) is 7.58. The lowest BCUT2D eigenvalue weighted by molar-refractivity contribution is -0.141. The molecule has 1 heterocycles. The van der Waals surface area contributed by atoms with Gasteiger partial charge in [0.05, 0.1) is 12.3 Å². The van der Waals surface area contributed by atoms with Gasteiger partial charge < -0.3 is 15.4 Å². The van der Waals surface area contributed by atoms with E-state index in [1.807, 2.05) is 38.2 Å². The number of benzene rings is 1. The summed E-state index contributed by atoms with van der Waals surface area (Å²) in [5.41, 5.74) is 3.07. The van der Waals surface area contributed by atoms with Crippen molar-refractivity contribution in [1.29, 1.82) is 0 Å². The zero-order valence-corrected chi connectivity index (χ0v) is 13.0. The molecule has 0 fully saturated rings. The van der Waals surface area contributed by atoms with Crippen LogP contribution in [0.15, 0.2) is 24.4 Å². The zero-order valence-electron chi connectivity index (χ0n) is 13.0. The number of hydrogen-bond donors (Lipinski definition) is 3. The summed E-state index contributed by atoms with van der Waals surface area (Å²) in [4.78, 5) is 26.3. The van der Waals surface area contributed by atoms with Crippen molar-refractivity contribution < 1.29 is 14.7 Å². The van der Waals surface area contributed by atoms with Crippen LogP contribution in [0.4, 0.5) is 0 Å². The molecular formula is C17H22N2O3. The van der Waals surface area contributed by atoms with Crippen molar-refractivity contribution in [3.05, 3.63) is 35.5 Å². The number of fused-ring (bicyclic) bond motifs is 1. The number of aryl methyl sites for hydroxylation is 1. The molecule has 0 spiro atoms. The molecule has 1 unspecified atom stereocenters. The summed E-state index contributed by atoms with van der Waals surface area (Å²) in [5.74, 6) is -1.52. The topological polar surface area (TPSA) is 82.2 Å². The third kappa shape index (κ3) is 3.67. The molecule has 5 nitrogen and oxygen atoms in total. The Morgan fingerprint density at radius 3 is 2.82 bits per heavy atom. The van der Waals surface area contributed by atoms with Crippen molar-refractivity contribution in [3.8, 4) is 0 Å². The van der Waals surface area contributed by atoms with E-state index in [0.29, 0.717) is 6.42 Å². The highest BCUT2D eigenvalue weighted by Gasteiger charge is 2.18. The number of nitrogens with one attached hydrogen (secondary N) is 2. The number of carbonyl (C=O) groups excluding carboxylic acids is 1. The summed E-state index contributed by atoms with van der Waals surface area (Å²) in [5, 5.41) is 12.9. The van der Waals surface area contributed by atoms with E-state index in [0.717, 1.165) is 28.5 Å². The first-order valence-corrected chi connectivity index (χ1v) is 7.58. The van der Waals surface area contributed by atoms with Crippen LogP contribution in [0.25, 0.3) is 10.9 Å². The van der Waals surface area contributed by atoms with Crippen LogP contribution >= 0.6 is 0 Å². The summed E-state index contributed by atoms with van der Waals surface area (Å²) < 4.78 is 0. The molecule has 0 aliphatic heterocycles. The molecule has 1 aromatic heterocycles. The molecule has 0 saturated heterocycles. The average molecular weight is 302 g/mol.